The monoisotopic (exact) mass is 313 g/mol. The fraction of sp³-hybridized carbons (Fsp3) is 0.400. The Morgan fingerprint density at radius 2 is 1.80 bits per heavy atom. The largest absolute Gasteiger partial charge is 1.00 e. The standard InChI is InChI=1S/C15H19ClN2O.ClH/c16-13-15(19)18-11-9-17(10-12-18)8-4-7-14-5-2-1-3-6-14;/h1-7H,8-13H2;1H/p-1/b7-4+;. The average Bonchev–Trinajstić information content (AvgIpc) is 2.48. The zero-order chi connectivity index (χ0) is 13.5. The molecule has 1 fully saturated rings. The van der Waals surface area contributed by atoms with Gasteiger partial charge in [-0.2, -0.15) is 0 Å². The third-order valence-corrected chi connectivity index (χ3v) is 3.54. The van der Waals surface area contributed by atoms with Gasteiger partial charge in [0, 0.05) is 32.7 Å². The molecule has 1 aromatic rings. The molecule has 0 aliphatic carbocycles. The number of hydrogen-bond acceptors (Lipinski definition) is 2. The number of rotatable bonds is 4. The second-order valence-corrected chi connectivity index (χ2v) is 4.90. The molecule has 0 saturated carbocycles. The van der Waals surface area contributed by atoms with E-state index < -0.39 is 0 Å². The van der Waals surface area contributed by atoms with Crippen LogP contribution in [-0.4, -0.2) is 54.3 Å². The molecule has 0 aromatic heterocycles. The van der Waals surface area contributed by atoms with Crippen LogP contribution in [0.15, 0.2) is 36.4 Å². The Labute approximate surface area is 131 Å². The molecular weight excluding hydrogens is 295 g/mol. The third kappa shape index (κ3) is 5.16. The number of amides is 1. The van der Waals surface area contributed by atoms with Crippen LogP contribution in [0, 0.1) is 0 Å². The summed E-state index contributed by atoms with van der Waals surface area (Å²) in [6, 6.07) is 10.3. The molecule has 0 atom stereocenters. The first-order chi connectivity index (χ1) is 9.29. The van der Waals surface area contributed by atoms with Crippen LogP contribution < -0.4 is 12.4 Å². The summed E-state index contributed by atoms with van der Waals surface area (Å²) in [5.41, 5.74) is 1.22. The van der Waals surface area contributed by atoms with Gasteiger partial charge in [-0.3, -0.25) is 9.69 Å². The molecular formula is C15H19Cl2N2O-. The molecule has 3 nitrogen and oxygen atoms in total. The van der Waals surface area contributed by atoms with Crippen molar-refractivity contribution in [2.45, 2.75) is 0 Å². The van der Waals surface area contributed by atoms with E-state index in [-0.39, 0.29) is 24.2 Å². The van der Waals surface area contributed by atoms with Crippen LogP contribution in [0.4, 0.5) is 0 Å². The number of benzene rings is 1. The maximum atomic E-state index is 11.4. The zero-order valence-electron chi connectivity index (χ0n) is 11.3. The van der Waals surface area contributed by atoms with E-state index in [2.05, 4.69) is 29.2 Å². The summed E-state index contributed by atoms with van der Waals surface area (Å²) in [4.78, 5) is 15.6. The number of piperazine rings is 1. The van der Waals surface area contributed by atoms with Crippen molar-refractivity contribution in [3.05, 3.63) is 42.0 Å². The topological polar surface area (TPSA) is 23.6 Å². The fourth-order valence-corrected chi connectivity index (χ4v) is 2.34. The summed E-state index contributed by atoms with van der Waals surface area (Å²) < 4.78 is 0. The van der Waals surface area contributed by atoms with Crippen molar-refractivity contribution in [3.63, 3.8) is 0 Å². The Kier molecular flexibility index (Phi) is 7.67. The summed E-state index contributed by atoms with van der Waals surface area (Å²) in [6.45, 7) is 4.33. The number of nitrogens with zero attached hydrogens (tertiary/aromatic N) is 2. The number of halogens is 2. The molecule has 5 heteroatoms. The minimum absolute atomic E-state index is 0. The van der Waals surface area contributed by atoms with Crippen molar-refractivity contribution < 1.29 is 17.2 Å². The SMILES string of the molecule is O=C(CCl)N1CCN(C/C=C/c2ccccc2)CC1.[Cl-]. The van der Waals surface area contributed by atoms with Gasteiger partial charge < -0.3 is 17.3 Å². The predicted molar refractivity (Wildman–Crippen MR) is 79.2 cm³/mol. The molecule has 0 unspecified atom stereocenters. The maximum Gasteiger partial charge on any atom is 0.237 e. The quantitative estimate of drug-likeness (QED) is 0.672. The number of carbonyl (C=O) groups excluding carboxylic acids is 1. The van der Waals surface area contributed by atoms with E-state index in [9.17, 15) is 4.79 Å². The third-order valence-electron chi connectivity index (χ3n) is 3.31. The highest BCUT2D eigenvalue weighted by atomic mass is 35.5. The molecule has 1 aliphatic heterocycles. The lowest BCUT2D eigenvalue weighted by atomic mass is 10.2. The molecule has 0 bridgehead atoms. The lowest BCUT2D eigenvalue weighted by Gasteiger charge is -2.33. The van der Waals surface area contributed by atoms with Gasteiger partial charge in [-0.15, -0.1) is 11.6 Å². The first-order valence-corrected chi connectivity index (χ1v) is 7.11. The molecule has 0 N–H and O–H groups in total. The smallest absolute Gasteiger partial charge is 0.237 e. The highest BCUT2D eigenvalue weighted by Gasteiger charge is 2.19. The molecule has 2 rings (SSSR count). The van der Waals surface area contributed by atoms with Crippen LogP contribution in [0.1, 0.15) is 5.56 Å². The van der Waals surface area contributed by atoms with Crippen LogP contribution in [-0.2, 0) is 4.79 Å². The fourth-order valence-electron chi connectivity index (χ4n) is 2.17. The highest BCUT2D eigenvalue weighted by Crippen LogP contribution is 2.05. The molecule has 110 valence electrons. The number of alkyl halides is 1. The minimum Gasteiger partial charge on any atom is -1.00 e. The van der Waals surface area contributed by atoms with Crippen LogP contribution in [0.2, 0.25) is 0 Å². The highest BCUT2D eigenvalue weighted by molar-refractivity contribution is 6.27. The van der Waals surface area contributed by atoms with Crippen molar-refractivity contribution in [2.75, 3.05) is 38.6 Å². The van der Waals surface area contributed by atoms with Gasteiger partial charge in [0.05, 0.1) is 0 Å². The summed E-state index contributed by atoms with van der Waals surface area (Å²) in [5, 5.41) is 0. The number of carbonyl (C=O) groups is 1. The Hall–Kier alpha value is -1.03. The Bertz CT molecular complexity index is 429. The normalized spacial score (nSPS) is 16.1. The van der Waals surface area contributed by atoms with E-state index >= 15 is 0 Å². The molecule has 1 saturated heterocycles. The van der Waals surface area contributed by atoms with Gasteiger partial charge in [0.25, 0.3) is 0 Å². The van der Waals surface area contributed by atoms with Crippen LogP contribution in [0.5, 0.6) is 0 Å². The van der Waals surface area contributed by atoms with Crippen molar-refractivity contribution >= 4 is 23.6 Å². The van der Waals surface area contributed by atoms with E-state index in [0.29, 0.717) is 0 Å². The van der Waals surface area contributed by atoms with Crippen LogP contribution >= 0.6 is 11.6 Å². The Morgan fingerprint density at radius 3 is 2.40 bits per heavy atom. The number of hydrogen-bond donors (Lipinski definition) is 0. The summed E-state index contributed by atoms with van der Waals surface area (Å²) in [6.07, 6.45) is 4.31. The van der Waals surface area contributed by atoms with Gasteiger partial charge in [0.1, 0.15) is 5.88 Å². The van der Waals surface area contributed by atoms with Gasteiger partial charge in [-0.1, -0.05) is 42.5 Å². The van der Waals surface area contributed by atoms with E-state index in [1.165, 1.54) is 5.56 Å². The first kappa shape index (κ1) is 17.0. The molecule has 1 aliphatic rings. The second-order valence-electron chi connectivity index (χ2n) is 4.63. The molecule has 0 spiro atoms. The summed E-state index contributed by atoms with van der Waals surface area (Å²) in [5.74, 6) is 0.134. The van der Waals surface area contributed by atoms with Crippen LogP contribution in [0.3, 0.4) is 0 Å². The van der Waals surface area contributed by atoms with Gasteiger partial charge in [0.15, 0.2) is 0 Å². The second kappa shape index (κ2) is 9.01. The van der Waals surface area contributed by atoms with E-state index in [0.717, 1.165) is 32.7 Å². The molecule has 0 radical (unpaired) electrons. The predicted octanol–water partition coefficient (Wildman–Crippen LogP) is -0.913. The van der Waals surface area contributed by atoms with Crippen molar-refractivity contribution in [3.8, 4) is 0 Å². The van der Waals surface area contributed by atoms with E-state index in [1.807, 2.05) is 23.1 Å². The Balaban J connectivity index is 0.00000200. The van der Waals surface area contributed by atoms with E-state index in [1.54, 1.807) is 0 Å². The van der Waals surface area contributed by atoms with Crippen molar-refractivity contribution in [2.24, 2.45) is 0 Å². The van der Waals surface area contributed by atoms with Gasteiger partial charge in [-0.05, 0) is 5.56 Å². The van der Waals surface area contributed by atoms with Gasteiger partial charge in [-0.25, -0.2) is 0 Å². The van der Waals surface area contributed by atoms with Crippen LogP contribution in [0.25, 0.3) is 6.08 Å². The molecule has 1 amide bonds. The lowest BCUT2D eigenvalue weighted by molar-refractivity contribution is -0.130. The molecule has 1 aromatic carbocycles. The van der Waals surface area contributed by atoms with Gasteiger partial charge in [0.2, 0.25) is 5.91 Å². The van der Waals surface area contributed by atoms with Crippen molar-refractivity contribution in [1.82, 2.24) is 9.80 Å². The molecule has 1 heterocycles. The average molecular weight is 314 g/mol. The van der Waals surface area contributed by atoms with Crippen molar-refractivity contribution in [1.29, 1.82) is 0 Å². The first-order valence-electron chi connectivity index (χ1n) is 6.57. The van der Waals surface area contributed by atoms with Gasteiger partial charge >= 0.3 is 0 Å². The Morgan fingerprint density at radius 1 is 1.15 bits per heavy atom. The maximum absolute atomic E-state index is 11.4. The lowest BCUT2D eigenvalue weighted by Crippen LogP contribution is -3.00. The summed E-state index contributed by atoms with van der Waals surface area (Å²) >= 11 is 5.56. The zero-order valence-corrected chi connectivity index (χ0v) is 12.9. The minimum atomic E-state index is 0. The molecule has 20 heavy (non-hydrogen) atoms. The summed E-state index contributed by atoms with van der Waals surface area (Å²) in [7, 11) is 0. The van der Waals surface area contributed by atoms with E-state index in [4.69, 9.17) is 11.6 Å².